The Balaban J connectivity index is 1.47. The number of aromatic nitrogens is 2. The van der Waals surface area contributed by atoms with Crippen LogP contribution < -0.4 is 4.74 Å². The van der Waals surface area contributed by atoms with Crippen LogP contribution in [0.4, 0.5) is 0 Å². The van der Waals surface area contributed by atoms with Gasteiger partial charge in [0, 0.05) is 38.4 Å². The topological polar surface area (TPSA) is 67.8 Å². The number of ether oxygens (including phenoxy) is 2. The van der Waals surface area contributed by atoms with Crippen LogP contribution in [0, 0.1) is 5.92 Å². The highest BCUT2D eigenvalue weighted by Gasteiger charge is 2.33. The van der Waals surface area contributed by atoms with Crippen molar-refractivity contribution in [3.05, 3.63) is 30.0 Å². The van der Waals surface area contributed by atoms with Crippen molar-refractivity contribution in [2.45, 2.75) is 18.9 Å². The summed E-state index contributed by atoms with van der Waals surface area (Å²) in [6.45, 7) is 3.90. The summed E-state index contributed by atoms with van der Waals surface area (Å²) in [4.78, 5) is 26.4. The fourth-order valence-corrected chi connectivity index (χ4v) is 3.98. The smallest absolute Gasteiger partial charge is 0.235 e. The Hall–Kier alpha value is -2.25. The zero-order valence-corrected chi connectivity index (χ0v) is 15.9. The molecule has 2 atom stereocenters. The van der Waals surface area contributed by atoms with Gasteiger partial charge in [0.1, 0.15) is 5.69 Å². The van der Waals surface area contributed by atoms with Crippen LogP contribution in [0.1, 0.15) is 12.1 Å². The van der Waals surface area contributed by atoms with E-state index in [0.29, 0.717) is 31.2 Å². The van der Waals surface area contributed by atoms with Crippen molar-refractivity contribution >= 4 is 16.9 Å². The van der Waals surface area contributed by atoms with Crippen molar-refractivity contribution in [1.29, 1.82) is 0 Å². The minimum Gasteiger partial charge on any atom is -0.480 e. The van der Waals surface area contributed by atoms with E-state index in [1.165, 1.54) is 0 Å². The summed E-state index contributed by atoms with van der Waals surface area (Å²) in [5.41, 5.74) is 2.36. The van der Waals surface area contributed by atoms with Crippen LogP contribution in [0.2, 0.25) is 0 Å². The van der Waals surface area contributed by atoms with Gasteiger partial charge in [-0.2, -0.15) is 0 Å². The highest BCUT2D eigenvalue weighted by atomic mass is 16.5. The molecule has 2 saturated heterocycles. The van der Waals surface area contributed by atoms with Gasteiger partial charge in [-0.25, -0.2) is 9.97 Å². The molecule has 1 aromatic heterocycles. The molecule has 3 heterocycles. The fraction of sp³-hybridized carbons (Fsp3) is 0.550. The molecule has 7 nitrogen and oxygen atoms in total. The lowest BCUT2D eigenvalue weighted by molar-refractivity contribution is -0.133. The number of carbonyl (C=O) groups excluding carboxylic acids is 1. The molecule has 0 spiro atoms. The molecule has 0 aliphatic carbocycles. The number of aryl methyl sites for hydroxylation is 1. The van der Waals surface area contributed by atoms with E-state index in [4.69, 9.17) is 9.47 Å². The Kier molecular flexibility index (Phi) is 5.22. The van der Waals surface area contributed by atoms with E-state index in [1.807, 2.05) is 29.2 Å². The first-order valence-electron chi connectivity index (χ1n) is 9.49. The van der Waals surface area contributed by atoms with Crippen LogP contribution >= 0.6 is 0 Å². The number of rotatable bonds is 4. The average molecular weight is 370 g/mol. The molecule has 4 rings (SSSR count). The SMILES string of the molecule is COc1nc2ccccc2nc1CCC(=O)N1C[C@@H]2COC[C@H](C1)N(C)C2. The van der Waals surface area contributed by atoms with Crippen molar-refractivity contribution in [3.63, 3.8) is 0 Å². The van der Waals surface area contributed by atoms with E-state index in [2.05, 4.69) is 21.9 Å². The van der Waals surface area contributed by atoms with Gasteiger partial charge in [0.05, 0.1) is 37.4 Å². The lowest BCUT2D eigenvalue weighted by atomic mass is 10.1. The second kappa shape index (κ2) is 7.78. The molecule has 1 amide bonds. The predicted molar refractivity (Wildman–Crippen MR) is 102 cm³/mol. The predicted octanol–water partition coefficient (Wildman–Crippen LogP) is 1.36. The number of benzene rings is 1. The van der Waals surface area contributed by atoms with Crippen molar-refractivity contribution in [1.82, 2.24) is 19.8 Å². The number of hydrogen-bond acceptors (Lipinski definition) is 6. The van der Waals surface area contributed by atoms with Crippen molar-refractivity contribution in [2.75, 3.05) is 47.0 Å². The molecule has 2 bridgehead atoms. The zero-order chi connectivity index (χ0) is 18.8. The maximum Gasteiger partial charge on any atom is 0.235 e. The van der Waals surface area contributed by atoms with E-state index in [9.17, 15) is 4.79 Å². The Morgan fingerprint density at radius 2 is 1.96 bits per heavy atom. The van der Waals surface area contributed by atoms with Gasteiger partial charge < -0.3 is 14.4 Å². The summed E-state index contributed by atoms with van der Waals surface area (Å²) in [6.07, 6.45) is 0.936. The number of likely N-dealkylation sites (N-methyl/N-ethyl adjacent to an activating group) is 1. The summed E-state index contributed by atoms with van der Waals surface area (Å²) in [7, 11) is 3.71. The second-order valence-corrected chi connectivity index (χ2v) is 7.46. The largest absolute Gasteiger partial charge is 0.480 e. The summed E-state index contributed by atoms with van der Waals surface area (Å²) in [5, 5.41) is 0. The van der Waals surface area contributed by atoms with E-state index in [1.54, 1.807) is 7.11 Å². The molecule has 27 heavy (non-hydrogen) atoms. The maximum atomic E-state index is 12.9. The van der Waals surface area contributed by atoms with Crippen LogP contribution in [0.15, 0.2) is 24.3 Å². The number of hydrogen-bond donors (Lipinski definition) is 0. The van der Waals surface area contributed by atoms with Crippen molar-refractivity contribution in [2.24, 2.45) is 5.92 Å². The summed E-state index contributed by atoms with van der Waals surface area (Å²) in [5.74, 6) is 1.04. The molecule has 2 aliphatic rings. The molecular weight excluding hydrogens is 344 g/mol. The minimum atomic E-state index is 0.166. The quantitative estimate of drug-likeness (QED) is 0.810. The molecule has 2 aromatic rings. The van der Waals surface area contributed by atoms with Gasteiger partial charge in [0.25, 0.3) is 0 Å². The lowest BCUT2D eigenvalue weighted by Crippen LogP contribution is -2.44. The number of carbonyl (C=O) groups is 1. The summed E-state index contributed by atoms with van der Waals surface area (Å²) in [6, 6.07) is 7.98. The third-order valence-electron chi connectivity index (χ3n) is 5.47. The monoisotopic (exact) mass is 370 g/mol. The third-order valence-corrected chi connectivity index (χ3v) is 5.47. The van der Waals surface area contributed by atoms with E-state index in [-0.39, 0.29) is 11.9 Å². The number of para-hydroxylation sites is 2. The highest BCUT2D eigenvalue weighted by molar-refractivity contribution is 5.77. The van der Waals surface area contributed by atoms with Gasteiger partial charge in [0.15, 0.2) is 0 Å². The first-order chi connectivity index (χ1) is 13.1. The molecule has 1 aromatic carbocycles. The third kappa shape index (κ3) is 3.89. The molecule has 2 aliphatic heterocycles. The summed E-state index contributed by atoms with van der Waals surface area (Å²) >= 11 is 0. The first-order valence-corrected chi connectivity index (χ1v) is 9.49. The van der Waals surface area contributed by atoms with Gasteiger partial charge >= 0.3 is 0 Å². The number of amides is 1. The maximum absolute atomic E-state index is 12.9. The molecule has 0 N–H and O–H groups in total. The van der Waals surface area contributed by atoms with Crippen molar-refractivity contribution < 1.29 is 14.3 Å². The molecule has 144 valence electrons. The Bertz CT molecular complexity index is 828. The van der Waals surface area contributed by atoms with E-state index >= 15 is 0 Å². The van der Waals surface area contributed by atoms with Crippen LogP contribution in [0.25, 0.3) is 11.0 Å². The molecular formula is C20H26N4O3. The van der Waals surface area contributed by atoms with E-state index < -0.39 is 0 Å². The molecule has 0 saturated carbocycles. The van der Waals surface area contributed by atoms with Crippen LogP contribution in [-0.4, -0.2) is 78.7 Å². The minimum absolute atomic E-state index is 0.166. The lowest BCUT2D eigenvalue weighted by Gasteiger charge is -2.29. The Labute approximate surface area is 159 Å². The Morgan fingerprint density at radius 3 is 2.74 bits per heavy atom. The fourth-order valence-electron chi connectivity index (χ4n) is 3.98. The normalized spacial score (nSPS) is 23.3. The van der Waals surface area contributed by atoms with Gasteiger partial charge in [-0.1, -0.05) is 12.1 Å². The van der Waals surface area contributed by atoms with E-state index in [0.717, 1.165) is 43.0 Å². The molecule has 0 radical (unpaired) electrons. The number of methoxy groups -OCH3 is 1. The summed E-state index contributed by atoms with van der Waals surface area (Å²) < 4.78 is 11.2. The van der Waals surface area contributed by atoms with Crippen molar-refractivity contribution in [3.8, 4) is 5.88 Å². The number of fused-ring (bicyclic) bond motifs is 4. The average Bonchev–Trinajstić information content (AvgIpc) is 2.93. The number of nitrogens with zero attached hydrogens (tertiary/aromatic N) is 4. The standard InChI is InChI=1S/C20H26N4O3/c1-23-9-14-10-24(11-15(23)13-27-12-14)19(25)8-7-18-20(26-2)22-17-6-4-3-5-16(17)21-18/h3-6,14-15H,7-13H2,1-2H3/t14-,15+/m1/s1. The highest BCUT2D eigenvalue weighted by Crippen LogP contribution is 2.22. The van der Waals surface area contributed by atoms with Gasteiger partial charge in [0.2, 0.25) is 11.8 Å². The van der Waals surface area contributed by atoms with Crippen LogP contribution in [0.3, 0.4) is 0 Å². The molecule has 0 unspecified atom stereocenters. The first kappa shape index (κ1) is 18.1. The zero-order valence-electron chi connectivity index (χ0n) is 15.9. The van der Waals surface area contributed by atoms with Gasteiger partial charge in [-0.15, -0.1) is 0 Å². The van der Waals surface area contributed by atoms with Crippen LogP contribution in [0.5, 0.6) is 5.88 Å². The van der Waals surface area contributed by atoms with Gasteiger partial charge in [-0.05, 0) is 19.2 Å². The Morgan fingerprint density at radius 1 is 1.19 bits per heavy atom. The van der Waals surface area contributed by atoms with Crippen LogP contribution in [-0.2, 0) is 16.0 Å². The molecule has 2 fully saturated rings. The molecule has 7 heteroatoms. The second-order valence-electron chi connectivity index (χ2n) is 7.46. The van der Waals surface area contributed by atoms with Gasteiger partial charge in [-0.3, -0.25) is 9.69 Å².